The van der Waals surface area contributed by atoms with E-state index >= 15 is 0 Å². The van der Waals surface area contributed by atoms with Crippen molar-refractivity contribution in [3.8, 4) is 0 Å². The first-order valence-corrected chi connectivity index (χ1v) is 7.28. The summed E-state index contributed by atoms with van der Waals surface area (Å²) in [5.41, 5.74) is 0. The van der Waals surface area contributed by atoms with Crippen LogP contribution in [0.4, 0.5) is 0 Å². The number of nitrogens with one attached hydrogen (secondary N) is 1. The van der Waals surface area contributed by atoms with E-state index in [4.69, 9.17) is 14.2 Å². The molecule has 11 nitrogen and oxygen atoms in total. The van der Waals surface area contributed by atoms with Gasteiger partial charge in [0.1, 0.15) is 12.3 Å². The predicted molar refractivity (Wildman–Crippen MR) is 58.4 cm³/mol. The summed E-state index contributed by atoms with van der Waals surface area (Å²) in [5, 5.41) is 18.5. The molecule has 0 bridgehead atoms. The number of aldehydes is 1. The lowest BCUT2D eigenvalue weighted by Gasteiger charge is -2.19. The molecular weight excluding hydrogens is 310 g/mol. The summed E-state index contributed by atoms with van der Waals surface area (Å²) in [5.74, 6) is 0. The molecule has 0 fully saturated rings. The van der Waals surface area contributed by atoms with Crippen LogP contribution in [0.25, 0.3) is 0 Å². The molecule has 0 spiro atoms. The van der Waals surface area contributed by atoms with Gasteiger partial charge in [-0.15, -0.1) is 0 Å². The monoisotopic (exact) mass is 322 g/mol. The average molecular weight is 322 g/mol. The molecule has 0 aromatic rings. The molecule has 0 aliphatic carbocycles. The molecule has 5 N–H and O–H groups in total. The van der Waals surface area contributed by atoms with Crippen molar-refractivity contribution < 1.29 is 45.1 Å². The van der Waals surface area contributed by atoms with Crippen molar-refractivity contribution in [1.82, 2.24) is 4.72 Å². The highest BCUT2D eigenvalue weighted by Crippen LogP contribution is 2.03. The van der Waals surface area contributed by atoms with E-state index in [0.29, 0.717) is 6.42 Å². The van der Waals surface area contributed by atoms with Gasteiger partial charge in [0, 0.05) is 6.42 Å². The summed E-state index contributed by atoms with van der Waals surface area (Å²) < 4.78 is 62.8. The fraction of sp³-hybridized carbons (Fsp3) is 0.667. The Kier molecular flexibility index (Phi) is 6.95. The zero-order valence-corrected chi connectivity index (χ0v) is 10.8. The Morgan fingerprint density at radius 3 is 2.05 bits per heavy atom. The van der Waals surface area contributed by atoms with Crippen LogP contribution in [-0.4, -0.2) is 67.3 Å². The van der Waals surface area contributed by atoms with E-state index in [-0.39, 0.29) is 6.29 Å². The molecule has 3 unspecified atom stereocenters. The lowest BCUT2D eigenvalue weighted by Crippen LogP contribution is -2.46. The first-order chi connectivity index (χ1) is 8.44. The molecule has 113 valence electrons. The number of carbonyl (C=O) groups excluding carboxylic acids is 1. The Bertz CT molecular complexity index is 484. The fourth-order valence-electron chi connectivity index (χ4n) is 0.909. The van der Waals surface area contributed by atoms with E-state index in [2.05, 4.69) is 4.18 Å². The standard InChI is InChI=1S/C6H12NO10S2/c8-2-5(7-18(11,12)13)6(10)1-4(9)3-17-19(14,15)16/h1-2,4-7,9-10H,3H2,(H,11,12,13)(H,14,15,16). The molecule has 0 amide bonds. The summed E-state index contributed by atoms with van der Waals surface area (Å²) in [6.45, 7) is -0.965. The van der Waals surface area contributed by atoms with E-state index in [1.54, 1.807) is 0 Å². The third-order valence-electron chi connectivity index (χ3n) is 1.61. The van der Waals surface area contributed by atoms with Gasteiger partial charge >= 0.3 is 20.7 Å². The van der Waals surface area contributed by atoms with Crippen LogP contribution in [0.5, 0.6) is 0 Å². The maximum absolute atomic E-state index is 10.5. The summed E-state index contributed by atoms with van der Waals surface area (Å²) >= 11 is 0. The summed E-state index contributed by atoms with van der Waals surface area (Å²) in [4.78, 5) is 10.5. The van der Waals surface area contributed by atoms with Gasteiger partial charge in [-0.05, 0) is 0 Å². The molecule has 3 atom stereocenters. The van der Waals surface area contributed by atoms with Crippen molar-refractivity contribution in [3.63, 3.8) is 0 Å². The molecule has 19 heavy (non-hydrogen) atoms. The maximum Gasteiger partial charge on any atom is 0.397 e. The van der Waals surface area contributed by atoms with Crippen LogP contribution in [0.15, 0.2) is 0 Å². The van der Waals surface area contributed by atoms with Gasteiger partial charge in [-0.1, -0.05) is 0 Å². The van der Waals surface area contributed by atoms with Crippen LogP contribution in [0.1, 0.15) is 0 Å². The molecule has 0 aliphatic rings. The second-order valence-electron chi connectivity index (χ2n) is 3.22. The largest absolute Gasteiger partial charge is 0.397 e. The lowest BCUT2D eigenvalue weighted by molar-refractivity contribution is -0.111. The number of aliphatic hydroxyl groups excluding tert-OH is 2. The molecule has 0 aromatic heterocycles. The zero-order valence-electron chi connectivity index (χ0n) is 9.15. The molecule has 0 saturated heterocycles. The van der Waals surface area contributed by atoms with Gasteiger partial charge < -0.3 is 15.0 Å². The molecule has 13 heteroatoms. The highest BCUT2D eigenvalue weighted by Gasteiger charge is 2.26. The van der Waals surface area contributed by atoms with E-state index < -0.39 is 45.6 Å². The molecular formula is C6H12NO10S2. The van der Waals surface area contributed by atoms with Crippen molar-refractivity contribution >= 4 is 27.0 Å². The Labute approximate surface area is 109 Å². The number of hydrogen-bond acceptors (Lipinski definition) is 8. The van der Waals surface area contributed by atoms with Gasteiger partial charge in [0.15, 0.2) is 0 Å². The fourth-order valence-corrected chi connectivity index (χ4v) is 1.76. The van der Waals surface area contributed by atoms with Gasteiger partial charge in [0.2, 0.25) is 0 Å². The van der Waals surface area contributed by atoms with Gasteiger partial charge in [0.05, 0.1) is 18.8 Å². The van der Waals surface area contributed by atoms with Crippen molar-refractivity contribution in [1.29, 1.82) is 0 Å². The molecule has 0 aliphatic heterocycles. The van der Waals surface area contributed by atoms with Crippen LogP contribution >= 0.6 is 0 Å². The van der Waals surface area contributed by atoms with E-state index in [1.807, 2.05) is 0 Å². The summed E-state index contributed by atoms with van der Waals surface area (Å²) in [6, 6.07) is -1.80. The average Bonchev–Trinajstić information content (AvgIpc) is 2.20. The van der Waals surface area contributed by atoms with Crippen molar-refractivity contribution in [2.75, 3.05) is 6.61 Å². The number of rotatable bonds is 9. The van der Waals surface area contributed by atoms with Crippen LogP contribution in [-0.2, 0) is 29.7 Å². The number of carbonyl (C=O) groups is 1. The van der Waals surface area contributed by atoms with Gasteiger partial charge in [0.25, 0.3) is 0 Å². The van der Waals surface area contributed by atoms with Crippen molar-refractivity contribution in [3.05, 3.63) is 6.42 Å². The van der Waals surface area contributed by atoms with E-state index in [9.17, 15) is 26.7 Å². The Hall–Kier alpha value is -0.670. The zero-order chi connectivity index (χ0) is 15.3. The Morgan fingerprint density at radius 2 is 1.68 bits per heavy atom. The Morgan fingerprint density at radius 1 is 1.16 bits per heavy atom. The van der Waals surface area contributed by atoms with Gasteiger partial charge in [-0.3, -0.25) is 9.11 Å². The Balaban J connectivity index is 4.41. The van der Waals surface area contributed by atoms with Gasteiger partial charge in [-0.2, -0.15) is 21.6 Å². The minimum atomic E-state index is -4.79. The highest BCUT2D eigenvalue weighted by atomic mass is 32.3. The minimum Gasteiger partial charge on any atom is -0.391 e. The van der Waals surface area contributed by atoms with Crippen LogP contribution in [0.2, 0.25) is 0 Å². The topological polar surface area (TPSA) is 188 Å². The molecule has 0 saturated carbocycles. The summed E-state index contributed by atoms with van der Waals surface area (Å²) in [7, 11) is -9.55. The van der Waals surface area contributed by atoms with Gasteiger partial charge in [-0.25, -0.2) is 4.18 Å². The lowest BCUT2D eigenvalue weighted by atomic mass is 10.1. The van der Waals surface area contributed by atoms with Crippen LogP contribution in [0.3, 0.4) is 0 Å². The second kappa shape index (κ2) is 7.20. The normalized spacial score (nSPS) is 17.7. The number of aliphatic hydroxyl groups is 2. The predicted octanol–water partition coefficient (Wildman–Crippen LogP) is -3.31. The molecule has 0 rings (SSSR count). The first kappa shape index (κ1) is 18.3. The van der Waals surface area contributed by atoms with Crippen molar-refractivity contribution in [2.24, 2.45) is 0 Å². The maximum atomic E-state index is 10.5. The smallest absolute Gasteiger partial charge is 0.391 e. The summed E-state index contributed by atoms with van der Waals surface area (Å²) in [6.07, 6.45) is -3.12. The minimum absolute atomic E-state index is 0.0642. The SMILES string of the molecule is O=CC(NS(=O)(=O)O)C(O)[CH]C(O)COS(=O)(=O)O. The van der Waals surface area contributed by atoms with Crippen molar-refractivity contribution in [2.45, 2.75) is 18.2 Å². The third kappa shape index (κ3) is 9.85. The molecule has 0 heterocycles. The quantitative estimate of drug-likeness (QED) is 0.212. The highest BCUT2D eigenvalue weighted by molar-refractivity contribution is 7.83. The third-order valence-corrected chi connectivity index (χ3v) is 2.61. The van der Waals surface area contributed by atoms with Crippen LogP contribution < -0.4 is 4.72 Å². The van der Waals surface area contributed by atoms with E-state index in [1.165, 1.54) is 4.72 Å². The number of hydrogen-bond donors (Lipinski definition) is 5. The molecule has 0 aromatic carbocycles. The second-order valence-corrected chi connectivity index (χ2v) is 5.49. The van der Waals surface area contributed by atoms with E-state index in [0.717, 1.165) is 0 Å². The molecule has 1 radical (unpaired) electrons. The van der Waals surface area contributed by atoms with Crippen LogP contribution in [0, 0.1) is 6.42 Å². The first-order valence-electron chi connectivity index (χ1n) is 4.47.